The number of piperidine rings is 1. The number of halogens is 1. The van der Waals surface area contributed by atoms with E-state index in [1.807, 2.05) is 6.07 Å². The Balaban J connectivity index is 1.55. The number of hydrogen-bond donors (Lipinski definition) is 2. The minimum atomic E-state index is -0.585. The molecule has 2 aromatic rings. The number of amides is 2. The lowest BCUT2D eigenvalue weighted by molar-refractivity contribution is 0.0858. The highest BCUT2D eigenvalue weighted by Gasteiger charge is 2.23. The number of anilines is 2. The van der Waals surface area contributed by atoms with Crippen molar-refractivity contribution in [2.75, 3.05) is 36.5 Å². The quantitative estimate of drug-likeness (QED) is 0.707. The van der Waals surface area contributed by atoms with Gasteiger partial charge in [-0.25, -0.2) is 4.39 Å². The second-order valence-electron chi connectivity index (χ2n) is 8.68. The van der Waals surface area contributed by atoms with Gasteiger partial charge in [0.15, 0.2) is 0 Å². The highest BCUT2D eigenvalue weighted by Crippen LogP contribution is 2.29. The van der Waals surface area contributed by atoms with Crippen LogP contribution in [0.15, 0.2) is 42.5 Å². The molecule has 2 amide bonds. The zero-order chi connectivity index (χ0) is 22.5. The minimum absolute atomic E-state index is 0.0361. The lowest BCUT2D eigenvalue weighted by atomic mass is 9.97. The first-order valence-corrected chi connectivity index (χ1v) is 11.4. The van der Waals surface area contributed by atoms with Crippen molar-refractivity contribution in [3.8, 4) is 0 Å². The first kappa shape index (κ1) is 22.3. The molecule has 0 bridgehead atoms. The maximum absolute atomic E-state index is 14.0. The fourth-order valence-corrected chi connectivity index (χ4v) is 4.27. The summed E-state index contributed by atoms with van der Waals surface area (Å²) in [6, 6.07) is 11.1. The molecule has 2 aromatic carbocycles. The predicted molar refractivity (Wildman–Crippen MR) is 123 cm³/mol. The highest BCUT2D eigenvalue weighted by atomic mass is 19.1. The van der Waals surface area contributed by atoms with Gasteiger partial charge in [0, 0.05) is 37.6 Å². The Morgan fingerprint density at radius 1 is 1.06 bits per heavy atom. The van der Waals surface area contributed by atoms with Gasteiger partial charge in [0.1, 0.15) is 5.82 Å². The van der Waals surface area contributed by atoms with E-state index in [1.54, 1.807) is 18.2 Å². The van der Waals surface area contributed by atoms with E-state index in [0.717, 1.165) is 51.1 Å². The van der Waals surface area contributed by atoms with Crippen LogP contribution >= 0.6 is 0 Å². The summed E-state index contributed by atoms with van der Waals surface area (Å²) in [7, 11) is 0. The van der Waals surface area contributed by atoms with Crippen LogP contribution < -0.4 is 15.5 Å². The number of nitrogens with one attached hydrogen (secondary N) is 2. The number of carbonyl (C=O) groups is 2. The molecule has 2 N–H and O–H groups in total. The van der Waals surface area contributed by atoms with E-state index in [2.05, 4.69) is 22.5 Å². The van der Waals surface area contributed by atoms with Gasteiger partial charge in [-0.05, 0) is 61.9 Å². The van der Waals surface area contributed by atoms with Gasteiger partial charge in [0.2, 0.25) is 0 Å². The van der Waals surface area contributed by atoms with Gasteiger partial charge in [-0.3, -0.25) is 9.59 Å². The molecule has 4 rings (SSSR count). The van der Waals surface area contributed by atoms with Crippen LogP contribution in [0.25, 0.3) is 0 Å². The summed E-state index contributed by atoms with van der Waals surface area (Å²) in [5.74, 6) is -0.662. The van der Waals surface area contributed by atoms with Gasteiger partial charge in [-0.2, -0.15) is 0 Å². The topological polar surface area (TPSA) is 70.7 Å². The molecule has 0 radical (unpaired) electrons. The Morgan fingerprint density at radius 3 is 2.56 bits per heavy atom. The fraction of sp³-hybridized carbons (Fsp3) is 0.440. The van der Waals surface area contributed by atoms with Crippen LogP contribution in [0.1, 0.15) is 53.3 Å². The maximum Gasteiger partial charge on any atom is 0.258 e. The molecule has 2 heterocycles. The van der Waals surface area contributed by atoms with Gasteiger partial charge in [0.25, 0.3) is 11.8 Å². The van der Waals surface area contributed by atoms with Gasteiger partial charge >= 0.3 is 0 Å². The average molecular weight is 440 g/mol. The van der Waals surface area contributed by atoms with Crippen molar-refractivity contribution < 1.29 is 18.7 Å². The van der Waals surface area contributed by atoms with E-state index in [0.29, 0.717) is 23.7 Å². The van der Waals surface area contributed by atoms with E-state index < -0.39 is 11.7 Å². The zero-order valence-electron chi connectivity index (χ0n) is 18.4. The molecule has 2 aliphatic heterocycles. The summed E-state index contributed by atoms with van der Waals surface area (Å²) in [5.41, 5.74) is 1.77. The molecule has 32 heavy (non-hydrogen) atoms. The second-order valence-corrected chi connectivity index (χ2v) is 8.68. The summed E-state index contributed by atoms with van der Waals surface area (Å²) in [5, 5.41) is 5.71. The van der Waals surface area contributed by atoms with Crippen LogP contribution in [0, 0.1) is 11.7 Å². The summed E-state index contributed by atoms with van der Waals surface area (Å²) in [6.07, 6.45) is 4.14. The predicted octanol–water partition coefficient (Wildman–Crippen LogP) is 4.22. The minimum Gasteiger partial charge on any atom is -0.376 e. The molecule has 0 spiro atoms. The van der Waals surface area contributed by atoms with Crippen LogP contribution in [0.2, 0.25) is 0 Å². The molecule has 7 heteroatoms. The summed E-state index contributed by atoms with van der Waals surface area (Å²) in [6.45, 7) is 5.20. The largest absolute Gasteiger partial charge is 0.376 e. The smallest absolute Gasteiger partial charge is 0.258 e. The van der Waals surface area contributed by atoms with Crippen LogP contribution in [-0.2, 0) is 4.74 Å². The van der Waals surface area contributed by atoms with Crippen molar-refractivity contribution in [3.63, 3.8) is 0 Å². The summed E-state index contributed by atoms with van der Waals surface area (Å²) < 4.78 is 19.6. The van der Waals surface area contributed by atoms with Crippen LogP contribution in [0.3, 0.4) is 0 Å². The number of nitrogens with zero attached hydrogens (tertiary/aromatic N) is 1. The number of carbonyl (C=O) groups excluding carboxylic acids is 2. The Hall–Kier alpha value is -2.93. The molecule has 6 nitrogen and oxygen atoms in total. The van der Waals surface area contributed by atoms with Gasteiger partial charge in [0.05, 0.1) is 17.2 Å². The van der Waals surface area contributed by atoms with Gasteiger partial charge in [-0.1, -0.05) is 19.1 Å². The fourth-order valence-electron chi connectivity index (χ4n) is 4.27. The first-order chi connectivity index (χ1) is 15.5. The Bertz CT molecular complexity index is 967. The Kier molecular flexibility index (Phi) is 7.05. The third kappa shape index (κ3) is 5.27. The molecule has 0 aliphatic carbocycles. The van der Waals surface area contributed by atoms with Crippen molar-refractivity contribution in [1.82, 2.24) is 5.32 Å². The Labute approximate surface area is 188 Å². The van der Waals surface area contributed by atoms with Crippen molar-refractivity contribution in [2.24, 2.45) is 5.92 Å². The normalized spacial score (nSPS) is 19.1. The van der Waals surface area contributed by atoms with E-state index in [-0.39, 0.29) is 17.6 Å². The first-order valence-electron chi connectivity index (χ1n) is 11.4. The molecule has 1 atom stereocenters. The maximum atomic E-state index is 14.0. The molecule has 0 aromatic heterocycles. The van der Waals surface area contributed by atoms with Crippen molar-refractivity contribution in [1.29, 1.82) is 0 Å². The molecule has 2 fully saturated rings. The molecule has 2 aliphatic rings. The van der Waals surface area contributed by atoms with E-state index in [4.69, 9.17) is 4.74 Å². The molecular formula is C25H30FN3O3. The SMILES string of the molecule is CC1CCN(c2ccc(NC(=O)c3ccccc3F)cc2C(=O)NCC2CCCO2)CC1. The standard InChI is InChI=1S/C25H30FN3O3/c1-17-10-12-29(13-11-17)23-9-8-18(28-25(31)20-6-2-3-7-22(20)26)15-21(23)24(30)27-16-19-5-4-14-32-19/h2-3,6-9,15,17,19H,4-5,10-14,16H2,1H3,(H,27,30)(H,28,31). The highest BCUT2D eigenvalue weighted by molar-refractivity contribution is 6.06. The molecule has 170 valence electrons. The molecule has 0 saturated carbocycles. The Morgan fingerprint density at radius 2 is 1.84 bits per heavy atom. The molecular weight excluding hydrogens is 409 g/mol. The third-order valence-corrected chi connectivity index (χ3v) is 6.26. The molecule has 1 unspecified atom stereocenters. The summed E-state index contributed by atoms with van der Waals surface area (Å²) >= 11 is 0. The average Bonchev–Trinajstić information content (AvgIpc) is 3.32. The second kappa shape index (κ2) is 10.1. The third-order valence-electron chi connectivity index (χ3n) is 6.26. The molecule has 2 saturated heterocycles. The lowest BCUT2D eigenvalue weighted by Crippen LogP contribution is -2.36. The van der Waals surface area contributed by atoms with Crippen molar-refractivity contribution in [3.05, 3.63) is 59.4 Å². The van der Waals surface area contributed by atoms with Crippen LogP contribution in [0.4, 0.5) is 15.8 Å². The number of ether oxygens (including phenoxy) is 1. The van der Waals surface area contributed by atoms with Crippen LogP contribution in [0.5, 0.6) is 0 Å². The van der Waals surface area contributed by atoms with Crippen molar-refractivity contribution in [2.45, 2.75) is 38.7 Å². The zero-order valence-corrected chi connectivity index (χ0v) is 18.4. The monoisotopic (exact) mass is 439 g/mol. The van der Waals surface area contributed by atoms with E-state index >= 15 is 0 Å². The van der Waals surface area contributed by atoms with E-state index in [1.165, 1.54) is 18.2 Å². The number of rotatable bonds is 6. The number of benzene rings is 2. The van der Waals surface area contributed by atoms with Crippen LogP contribution in [-0.4, -0.2) is 44.2 Å². The van der Waals surface area contributed by atoms with Gasteiger partial charge in [-0.15, -0.1) is 0 Å². The van der Waals surface area contributed by atoms with Gasteiger partial charge < -0.3 is 20.3 Å². The summed E-state index contributed by atoms with van der Waals surface area (Å²) in [4.78, 5) is 27.9. The van der Waals surface area contributed by atoms with Crippen molar-refractivity contribution >= 4 is 23.2 Å². The lowest BCUT2D eigenvalue weighted by Gasteiger charge is -2.33. The van der Waals surface area contributed by atoms with E-state index in [9.17, 15) is 14.0 Å². The number of hydrogen-bond acceptors (Lipinski definition) is 4.